The Morgan fingerprint density at radius 2 is 1.87 bits per heavy atom. The van der Waals surface area contributed by atoms with Crippen LogP contribution in [0.15, 0.2) is 9.42 Å². The van der Waals surface area contributed by atoms with Crippen molar-refractivity contribution in [2.24, 2.45) is 0 Å². The molecule has 2 aliphatic rings. The second-order valence-electron chi connectivity index (χ2n) is 5.69. The van der Waals surface area contributed by atoms with Gasteiger partial charge < -0.3 is 14.2 Å². The van der Waals surface area contributed by atoms with Crippen LogP contribution >= 0.6 is 12.2 Å². The Morgan fingerprint density at radius 1 is 1.17 bits per heavy atom. The Morgan fingerprint density at radius 3 is 2.39 bits per heavy atom. The van der Waals surface area contributed by atoms with Gasteiger partial charge in [0.25, 0.3) is 5.17 Å². The Bertz CT molecular complexity index is 675. The zero-order valence-corrected chi connectivity index (χ0v) is 14.8. The van der Waals surface area contributed by atoms with Crippen LogP contribution in [0.3, 0.4) is 0 Å². The number of thiocarbonyl (C=S) groups is 1. The standard InChI is InChI=1S/C13H20N4O4S2/c1-10-12(11(2)21-14-10)23(18,19)17-5-3-15(4-6-17)9-16-7-8-20-13(16)22/h3-9H2,1-2H3. The highest BCUT2D eigenvalue weighted by molar-refractivity contribution is 7.89. The first kappa shape index (κ1) is 16.6. The third-order valence-corrected chi connectivity index (χ3v) is 6.63. The van der Waals surface area contributed by atoms with Crippen molar-refractivity contribution in [1.82, 2.24) is 19.3 Å². The van der Waals surface area contributed by atoms with Gasteiger partial charge in [0.05, 0.1) is 13.2 Å². The topological polar surface area (TPSA) is 79.1 Å². The van der Waals surface area contributed by atoms with Gasteiger partial charge in [0.1, 0.15) is 17.2 Å². The monoisotopic (exact) mass is 360 g/mol. The van der Waals surface area contributed by atoms with Gasteiger partial charge in [0.15, 0.2) is 5.76 Å². The van der Waals surface area contributed by atoms with Crippen LogP contribution in [0.25, 0.3) is 0 Å². The van der Waals surface area contributed by atoms with Crippen molar-refractivity contribution in [2.45, 2.75) is 18.7 Å². The van der Waals surface area contributed by atoms with E-state index in [0.717, 1.165) is 6.54 Å². The maximum Gasteiger partial charge on any atom is 0.260 e. The SMILES string of the molecule is Cc1noc(C)c1S(=O)(=O)N1CCN(CN2CCOC2=S)CC1. The third-order valence-electron chi connectivity index (χ3n) is 4.11. The zero-order valence-electron chi connectivity index (χ0n) is 13.2. The molecule has 0 aromatic carbocycles. The summed E-state index contributed by atoms with van der Waals surface area (Å²) >= 11 is 5.13. The molecule has 0 saturated carbocycles. The minimum absolute atomic E-state index is 0.195. The molecule has 2 aliphatic heterocycles. The Labute approximate surface area is 141 Å². The van der Waals surface area contributed by atoms with Crippen LogP contribution < -0.4 is 0 Å². The van der Waals surface area contributed by atoms with E-state index >= 15 is 0 Å². The molecule has 0 atom stereocenters. The highest BCUT2D eigenvalue weighted by Crippen LogP contribution is 2.24. The second kappa shape index (κ2) is 6.34. The number of aryl methyl sites for hydroxylation is 2. The van der Waals surface area contributed by atoms with Gasteiger partial charge in [0.2, 0.25) is 10.0 Å². The molecule has 0 amide bonds. The Hall–Kier alpha value is -1.23. The molecule has 0 bridgehead atoms. The highest BCUT2D eigenvalue weighted by Gasteiger charge is 2.34. The molecular weight excluding hydrogens is 340 g/mol. The molecule has 10 heteroatoms. The minimum atomic E-state index is -3.56. The predicted octanol–water partition coefficient (Wildman–Crippen LogP) is 0.172. The molecule has 0 N–H and O–H groups in total. The lowest BCUT2D eigenvalue weighted by Gasteiger charge is -2.35. The van der Waals surface area contributed by atoms with Crippen molar-refractivity contribution in [3.05, 3.63) is 11.5 Å². The lowest BCUT2D eigenvalue weighted by atomic mass is 10.4. The van der Waals surface area contributed by atoms with Gasteiger partial charge in [-0.3, -0.25) is 4.90 Å². The predicted molar refractivity (Wildman–Crippen MR) is 86.4 cm³/mol. The molecule has 0 radical (unpaired) electrons. The number of sulfonamides is 1. The van der Waals surface area contributed by atoms with Crippen molar-refractivity contribution in [1.29, 1.82) is 0 Å². The summed E-state index contributed by atoms with van der Waals surface area (Å²) in [7, 11) is -3.56. The number of hydrogen-bond donors (Lipinski definition) is 0. The molecule has 0 unspecified atom stereocenters. The normalized spacial score (nSPS) is 21.0. The van der Waals surface area contributed by atoms with Crippen LogP contribution in [0.5, 0.6) is 0 Å². The van der Waals surface area contributed by atoms with E-state index in [9.17, 15) is 8.42 Å². The average molecular weight is 360 g/mol. The first-order valence-electron chi connectivity index (χ1n) is 7.46. The smallest absolute Gasteiger partial charge is 0.260 e. The third kappa shape index (κ3) is 3.21. The second-order valence-corrected chi connectivity index (χ2v) is 7.92. The van der Waals surface area contributed by atoms with E-state index in [4.69, 9.17) is 21.5 Å². The molecule has 2 fully saturated rings. The minimum Gasteiger partial charge on any atom is -0.469 e. The number of aromatic nitrogens is 1. The first-order valence-corrected chi connectivity index (χ1v) is 9.31. The van der Waals surface area contributed by atoms with Crippen LogP contribution in [0.1, 0.15) is 11.5 Å². The molecule has 0 spiro atoms. The van der Waals surface area contributed by atoms with Crippen molar-refractivity contribution >= 4 is 27.4 Å². The van der Waals surface area contributed by atoms with Gasteiger partial charge in [0, 0.05) is 26.2 Å². The molecule has 3 rings (SSSR count). The molecule has 1 aromatic rings. The van der Waals surface area contributed by atoms with E-state index in [-0.39, 0.29) is 4.90 Å². The fraction of sp³-hybridized carbons (Fsp3) is 0.692. The summed E-state index contributed by atoms with van der Waals surface area (Å²) in [6, 6.07) is 0. The van der Waals surface area contributed by atoms with Crippen LogP contribution in [0, 0.1) is 13.8 Å². The van der Waals surface area contributed by atoms with Crippen LogP contribution in [0.4, 0.5) is 0 Å². The van der Waals surface area contributed by atoms with E-state index in [1.165, 1.54) is 4.31 Å². The summed E-state index contributed by atoms with van der Waals surface area (Å²) in [6.45, 7) is 7.55. The molecular formula is C13H20N4O4S2. The fourth-order valence-corrected chi connectivity index (χ4v) is 4.82. The quantitative estimate of drug-likeness (QED) is 0.703. The van der Waals surface area contributed by atoms with Crippen molar-refractivity contribution < 1.29 is 17.7 Å². The van der Waals surface area contributed by atoms with Crippen molar-refractivity contribution in [3.63, 3.8) is 0 Å². The van der Waals surface area contributed by atoms with Gasteiger partial charge in [-0.2, -0.15) is 4.31 Å². The van der Waals surface area contributed by atoms with Gasteiger partial charge >= 0.3 is 0 Å². The summed E-state index contributed by atoms with van der Waals surface area (Å²) in [5.41, 5.74) is 0.407. The molecule has 0 aliphatic carbocycles. The van der Waals surface area contributed by atoms with E-state index in [1.54, 1.807) is 13.8 Å². The van der Waals surface area contributed by atoms with Gasteiger partial charge in [-0.1, -0.05) is 5.16 Å². The number of nitrogens with zero attached hydrogens (tertiary/aromatic N) is 4. The van der Waals surface area contributed by atoms with Gasteiger partial charge in [-0.15, -0.1) is 0 Å². The maximum absolute atomic E-state index is 12.7. The number of ether oxygens (including phenoxy) is 1. The average Bonchev–Trinajstić information content (AvgIpc) is 3.06. The van der Waals surface area contributed by atoms with E-state index < -0.39 is 10.0 Å². The van der Waals surface area contributed by atoms with Crippen LogP contribution in [0.2, 0.25) is 0 Å². The van der Waals surface area contributed by atoms with Gasteiger partial charge in [-0.05, 0) is 26.1 Å². The molecule has 8 nitrogen and oxygen atoms in total. The lowest BCUT2D eigenvalue weighted by molar-refractivity contribution is 0.142. The summed E-state index contributed by atoms with van der Waals surface area (Å²) in [6.07, 6.45) is 0. The fourth-order valence-electron chi connectivity index (χ4n) is 2.88. The molecule has 3 heterocycles. The number of rotatable bonds is 4. The summed E-state index contributed by atoms with van der Waals surface area (Å²) in [5.74, 6) is 0.337. The summed E-state index contributed by atoms with van der Waals surface area (Å²) in [5, 5.41) is 4.27. The Kier molecular flexibility index (Phi) is 4.59. The van der Waals surface area contributed by atoms with Crippen molar-refractivity contribution in [3.8, 4) is 0 Å². The maximum atomic E-state index is 12.7. The highest BCUT2D eigenvalue weighted by atomic mass is 32.2. The number of hydrogen-bond acceptors (Lipinski definition) is 7. The Balaban J connectivity index is 1.63. The van der Waals surface area contributed by atoms with E-state index in [1.807, 2.05) is 4.90 Å². The van der Waals surface area contributed by atoms with Crippen LogP contribution in [-0.2, 0) is 14.8 Å². The van der Waals surface area contributed by atoms with Crippen LogP contribution in [-0.4, -0.2) is 78.9 Å². The number of piperazine rings is 1. The molecule has 1 aromatic heterocycles. The summed E-state index contributed by atoms with van der Waals surface area (Å²) < 4.78 is 37.3. The lowest BCUT2D eigenvalue weighted by Crippen LogP contribution is -2.51. The molecule has 2 saturated heterocycles. The van der Waals surface area contributed by atoms with Crippen molar-refractivity contribution in [2.75, 3.05) is 46.0 Å². The zero-order chi connectivity index (χ0) is 16.6. The first-order chi connectivity index (χ1) is 10.9. The molecule has 23 heavy (non-hydrogen) atoms. The largest absolute Gasteiger partial charge is 0.469 e. The van der Waals surface area contributed by atoms with E-state index in [0.29, 0.717) is 56.1 Å². The molecule has 128 valence electrons. The summed E-state index contributed by atoms with van der Waals surface area (Å²) in [4.78, 5) is 4.37. The van der Waals surface area contributed by atoms with Gasteiger partial charge in [-0.25, -0.2) is 8.42 Å². The van der Waals surface area contributed by atoms with E-state index in [2.05, 4.69) is 10.1 Å².